The third kappa shape index (κ3) is 3.49. The molecule has 0 spiro atoms. The maximum absolute atomic E-state index is 12.1. The Hall–Kier alpha value is -0.690. The standard InChI is InChI=1S/C15H16BrIN2O/c1-8(2)6-12-13(17)15(20)19-14(18-12)10-4-5-11(16)9(3)7-10/h4-5,7-8H,6H2,1-3H3,(H,18,19,20). The average molecular weight is 447 g/mol. The first kappa shape index (κ1) is 15.7. The van der Waals surface area contributed by atoms with E-state index in [9.17, 15) is 4.79 Å². The lowest BCUT2D eigenvalue weighted by Gasteiger charge is -2.09. The average Bonchev–Trinajstić information content (AvgIpc) is 2.37. The number of rotatable bonds is 3. The molecular formula is C15H16BrIN2O. The molecule has 1 heterocycles. The number of aryl methyl sites for hydroxylation is 1. The molecule has 5 heteroatoms. The highest BCUT2D eigenvalue weighted by molar-refractivity contribution is 14.1. The highest BCUT2D eigenvalue weighted by Gasteiger charge is 2.12. The molecule has 1 aromatic carbocycles. The second-order valence-corrected chi connectivity index (χ2v) is 7.17. The van der Waals surface area contributed by atoms with Crippen LogP contribution >= 0.6 is 38.5 Å². The minimum Gasteiger partial charge on any atom is -0.306 e. The van der Waals surface area contributed by atoms with Gasteiger partial charge in [0, 0.05) is 10.0 Å². The first-order valence-corrected chi connectivity index (χ1v) is 8.31. The van der Waals surface area contributed by atoms with Crippen LogP contribution in [0.4, 0.5) is 0 Å². The van der Waals surface area contributed by atoms with E-state index in [0.29, 0.717) is 15.3 Å². The van der Waals surface area contributed by atoms with Gasteiger partial charge in [-0.1, -0.05) is 35.8 Å². The summed E-state index contributed by atoms with van der Waals surface area (Å²) in [7, 11) is 0. The van der Waals surface area contributed by atoms with Crippen molar-refractivity contribution in [1.82, 2.24) is 9.97 Å². The van der Waals surface area contributed by atoms with Crippen molar-refractivity contribution in [3.05, 3.63) is 47.9 Å². The second kappa shape index (κ2) is 6.39. The third-order valence-electron chi connectivity index (χ3n) is 2.96. The fourth-order valence-electron chi connectivity index (χ4n) is 1.96. The van der Waals surface area contributed by atoms with Crippen LogP contribution in [-0.2, 0) is 6.42 Å². The van der Waals surface area contributed by atoms with E-state index in [-0.39, 0.29) is 5.56 Å². The predicted molar refractivity (Wildman–Crippen MR) is 94.0 cm³/mol. The molecule has 0 aliphatic rings. The van der Waals surface area contributed by atoms with E-state index >= 15 is 0 Å². The molecule has 0 atom stereocenters. The lowest BCUT2D eigenvalue weighted by Crippen LogP contribution is -2.17. The summed E-state index contributed by atoms with van der Waals surface area (Å²) in [5, 5.41) is 0. The quantitative estimate of drug-likeness (QED) is 0.714. The van der Waals surface area contributed by atoms with Gasteiger partial charge in [-0.2, -0.15) is 0 Å². The molecule has 0 fully saturated rings. The summed E-state index contributed by atoms with van der Waals surface area (Å²) < 4.78 is 1.74. The van der Waals surface area contributed by atoms with Crippen molar-refractivity contribution in [2.24, 2.45) is 5.92 Å². The zero-order valence-electron chi connectivity index (χ0n) is 11.6. The first-order valence-electron chi connectivity index (χ1n) is 6.43. The largest absolute Gasteiger partial charge is 0.306 e. The van der Waals surface area contributed by atoms with Crippen molar-refractivity contribution in [2.75, 3.05) is 0 Å². The predicted octanol–water partition coefficient (Wildman–Crippen LogP) is 4.31. The number of nitrogens with one attached hydrogen (secondary N) is 1. The topological polar surface area (TPSA) is 45.8 Å². The molecule has 0 aliphatic carbocycles. The molecule has 0 radical (unpaired) electrons. The van der Waals surface area contributed by atoms with Gasteiger partial charge in [0.2, 0.25) is 0 Å². The van der Waals surface area contributed by atoms with E-state index < -0.39 is 0 Å². The second-order valence-electron chi connectivity index (χ2n) is 5.24. The fraction of sp³-hybridized carbons (Fsp3) is 0.333. The zero-order valence-corrected chi connectivity index (χ0v) is 15.4. The first-order chi connectivity index (χ1) is 9.38. The summed E-state index contributed by atoms with van der Waals surface area (Å²) in [5.74, 6) is 1.11. The summed E-state index contributed by atoms with van der Waals surface area (Å²) in [5.41, 5.74) is 2.87. The van der Waals surface area contributed by atoms with Crippen LogP contribution in [0.15, 0.2) is 27.5 Å². The maximum atomic E-state index is 12.1. The molecular weight excluding hydrogens is 431 g/mol. The Morgan fingerprint density at radius 2 is 2.10 bits per heavy atom. The number of H-pyrrole nitrogens is 1. The Kier molecular flexibility index (Phi) is 5.01. The van der Waals surface area contributed by atoms with Crippen molar-refractivity contribution in [3.8, 4) is 11.4 Å². The Balaban J connectivity index is 2.54. The minimum atomic E-state index is -0.0631. The molecule has 2 aromatic rings. The normalized spacial score (nSPS) is 11.1. The molecule has 0 amide bonds. The summed E-state index contributed by atoms with van der Waals surface area (Å²) in [6.45, 7) is 6.28. The van der Waals surface area contributed by atoms with Crippen molar-refractivity contribution < 1.29 is 0 Å². The minimum absolute atomic E-state index is 0.0631. The Bertz CT molecular complexity index is 695. The molecule has 3 nitrogen and oxygen atoms in total. The number of benzene rings is 1. The van der Waals surface area contributed by atoms with E-state index in [4.69, 9.17) is 0 Å². The van der Waals surface area contributed by atoms with Crippen LogP contribution in [-0.4, -0.2) is 9.97 Å². The monoisotopic (exact) mass is 446 g/mol. The van der Waals surface area contributed by atoms with Crippen LogP contribution in [0.1, 0.15) is 25.1 Å². The van der Waals surface area contributed by atoms with Crippen LogP contribution in [0.25, 0.3) is 11.4 Å². The number of aromatic amines is 1. The third-order valence-corrected chi connectivity index (χ3v) is 4.97. The van der Waals surface area contributed by atoms with E-state index in [1.54, 1.807) is 0 Å². The molecule has 106 valence electrons. The van der Waals surface area contributed by atoms with Gasteiger partial charge in [0.1, 0.15) is 5.82 Å². The molecule has 1 N–H and O–H groups in total. The van der Waals surface area contributed by atoms with Crippen molar-refractivity contribution >= 4 is 38.5 Å². The molecule has 20 heavy (non-hydrogen) atoms. The molecule has 2 rings (SSSR count). The molecule has 0 aliphatic heterocycles. The van der Waals surface area contributed by atoms with Gasteiger partial charge in [-0.05, 0) is 59.5 Å². The van der Waals surface area contributed by atoms with Gasteiger partial charge < -0.3 is 4.98 Å². The fourth-order valence-corrected chi connectivity index (χ4v) is 2.68. The van der Waals surface area contributed by atoms with Crippen LogP contribution < -0.4 is 5.56 Å². The van der Waals surface area contributed by atoms with E-state index in [1.165, 1.54) is 0 Å². The van der Waals surface area contributed by atoms with E-state index in [2.05, 4.69) is 62.3 Å². The number of hydrogen-bond acceptors (Lipinski definition) is 2. The van der Waals surface area contributed by atoms with Crippen molar-refractivity contribution in [1.29, 1.82) is 0 Å². The molecule has 0 saturated heterocycles. The van der Waals surface area contributed by atoms with Gasteiger partial charge in [-0.15, -0.1) is 0 Å². The number of hydrogen-bond donors (Lipinski definition) is 1. The Labute approximate surface area is 140 Å². The highest BCUT2D eigenvalue weighted by Crippen LogP contribution is 2.23. The van der Waals surface area contributed by atoms with Gasteiger partial charge in [0.25, 0.3) is 5.56 Å². The van der Waals surface area contributed by atoms with Crippen LogP contribution in [0.5, 0.6) is 0 Å². The number of nitrogens with zero attached hydrogens (tertiary/aromatic N) is 1. The van der Waals surface area contributed by atoms with Crippen molar-refractivity contribution in [2.45, 2.75) is 27.2 Å². The summed E-state index contributed by atoms with van der Waals surface area (Å²) >= 11 is 5.55. The smallest absolute Gasteiger partial charge is 0.264 e. The van der Waals surface area contributed by atoms with Gasteiger partial charge >= 0.3 is 0 Å². The lowest BCUT2D eigenvalue weighted by molar-refractivity contribution is 0.631. The SMILES string of the molecule is Cc1cc(-c2nc(CC(C)C)c(I)c(=O)[nH]2)ccc1Br. The van der Waals surface area contributed by atoms with Gasteiger partial charge in [0.05, 0.1) is 9.26 Å². The van der Waals surface area contributed by atoms with Gasteiger partial charge in [-0.3, -0.25) is 4.79 Å². The van der Waals surface area contributed by atoms with Crippen molar-refractivity contribution in [3.63, 3.8) is 0 Å². The number of aromatic nitrogens is 2. The zero-order chi connectivity index (χ0) is 14.9. The highest BCUT2D eigenvalue weighted by atomic mass is 127. The van der Waals surface area contributed by atoms with Gasteiger partial charge in [-0.25, -0.2) is 4.98 Å². The molecule has 0 bridgehead atoms. The van der Waals surface area contributed by atoms with Gasteiger partial charge in [0.15, 0.2) is 0 Å². The van der Waals surface area contributed by atoms with Crippen LogP contribution in [0.2, 0.25) is 0 Å². The Morgan fingerprint density at radius 1 is 1.40 bits per heavy atom. The lowest BCUT2D eigenvalue weighted by atomic mass is 10.1. The summed E-state index contributed by atoms with van der Waals surface area (Å²) in [4.78, 5) is 19.6. The van der Waals surface area contributed by atoms with Crippen LogP contribution in [0.3, 0.4) is 0 Å². The Morgan fingerprint density at radius 3 is 2.70 bits per heavy atom. The summed E-state index contributed by atoms with van der Waals surface area (Å²) in [6.07, 6.45) is 0.810. The molecule has 0 unspecified atom stereocenters. The maximum Gasteiger partial charge on any atom is 0.264 e. The summed E-state index contributed by atoms with van der Waals surface area (Å²) in [6, 6.07) is 5.96. The molecule has 0 saturated carbocycles. The van der Waals surface area contributed by atoms with E-state index in [0.717, 1.165) is 27.7 Å². The van der Waals surface area contributed by atoms with E-state index in [1.807, 2.05) is 25.1 Å². The van der Waals surface area contributed by atoms with Crippen LogP contribution in [0, 0.1) is 16.4 Å². The molecule has 1 aromatic heterocycles. The number of halogens is 2.